The summed E-state index contributed by atoms with van der Waals surface area (Å²) in [5.74, 6) is 0.427. The van der Waals surface area contributed by atoms with Crippen LogP contribution in [0.1, 0.15) is 40.7 Å². The maximum atomic E-state index is 13.4. The lowest BCUT2D eigenvalue weighted by molar-refractivity contribution is -0.913. The van der Waals surface area contributed by atoms with Gasteiger partial charge in [-0.15, -0.1) is 0 Å². The van der Waals surface area contributed by atoms with Gasteiger partial charge in [-0.25, -0.2) is 0 Å². The van der Waals surface area contributed by atoms with Crippen molar-refractivity contribution in [3.8, 4) is 0 Å². The molecule has 2 heterocycles. The van der Waals surface area contributed by atoms with E-state index in [-0.39, 0.29) is 11.9 Å². The van der Waals surface area contributed by atoms with E-state index < -0.39 is 0 Å². The zero-order valence-corrected chi connectivity index (χ0v) is 16.5. The molecule has 2 aromatic carbocycles. The summed E-state index contributed by atoms with van der Waals surface area (Å²) in [7, 11) is 2.34. The molecule has 1 fully saturated rings. The van der Waals surface area contributed by atoms with Crippen molar-refractivity contribution in [2.24, 2.45) is 0 Å². The molecule has 1 saturated heterocycles. The lowest BCUT2D eigenvalue weighted by Crippen LogP contribution is -2.56. The number of nitrogens with zero attached hydrogens (tertiary/aromatic N) is 2. The number of likely N-dealkylation sites (N-methyl/N-ethyl adjacent to an activating group) is 1. The van der Waals surface area contributed by atoms with Crippen molar-refractivity contribution in [2.75, 3.05) is 31.6 Å². The Labute approximate surface area is 160 Å². The average Bonchev–Trinajstić information content (AvgIpc) is 2.94. The van der Waals surface area contributed by atoms with Gasteiger partial charge in [0.05, 0.1) is 49.2 Å². The van der Waals surface area contributed by atoms with Crippen LogP contribution in [0.2, 0.25) is 5.02 Å². The fourth-order valence-corrected chi connectivity index (χ4v) is 4.84. The second-order valence-electron chi connectivity index (χ2n) is 8.02. The highest BCUT2D eigenvalue weighted by Gasteiger charge is 2.48. The lowest BCUT2D eigenvalue weighted by Gasteiger charge is -2.43. The number of benzene rings is 2. The van der Waals surface area contributed by atoms with Crippen LogP contribution in [0.15, 0.2) is 42.5 Å². The molecule has 0 bridgehead atoms. The Bertz CT molecular complexity index is 865. The molecule has 4 rings (SSSR count). The van der Waals surface area contributed by atoms with Gasteiger partial charge in [-0.2, -0.15) is 0 Å². The second kappa shape index (κ2) is 6.40. The maximum Gasteiger partial charge on any atom is 0.260 e. The summed E-state index contributed by atoms with van der Waals surface area (Å²) in [6.07, 6.45) is 1.03. The maximum absolute atomic E-state index is 13.4. The van der Waals surface area contributed by atoms with E-state index in [0.717, 1.165) is 36.2 Å². The molecule has 2 aliphatic heterocycles. The van der Waals surface area contributed by atoms with Crippen LogP contribution in [-0.4, -0.2) is 43.1 Å². The van der Waals surface area contributed by atoms with Gasteiger partial charge < -0.3 is 9.38 Å². The van der Waals surface area contributed by atoms with Crippen LogP contribution in [-0.2, 0) is 0 Å². The topological polar surface area (TPSA) is 20.3 Å². The summed E-state index contributed by atoms with van der Waals surface area (Å²) >= 11 is 6.34. The average molecular weight is 370 g/mol. The molecule has 2 aliphatic rings. The number of rotatable bonds is 2. The molecule has 0 spiro atoms. The molecule has 0 aliphatic carbocycles. The predicted molar refractivity (Wildman–Crippen MR) is 107 cm³/mol. The van der Waals surface area contributed by atoms with E-state index in [9.17, 15) is 4.79 Å². The molecule has 0 unspecified atom stereocenters. The monoisotopic (exact) mass is 369 g/mol. The second-order valence-corrected chi connectivity index (χ2v) is 8.43. The van der Waals surface area contributed by atoms with Crippen LogP contribution in [0.5, 0.6) is 0 Å². The largest absolute Gasteiger partial charge is 0.326 e. The number of carbonyl (C=O) groups excluding carboxylic acids is 1. The minimum atomic E-state index is 0.0285. The van der Waals surface area contributed by atoms with E-state index in [1.165, 1.54) is 11.1 Å². The van der Waals surface area contributed by atoms with Crippen molar-refractivity contribution in [1.29, 1.82) is 0 Å². The number of hydrogen-bond acceptors (Lipinski definition) is 1. The molecule has 2 aromatic rings. The number of fused-ring (bicyclic) bond motifs is 3. The van der Waals surface area contributed by atoms with Crippen molar-refractivity contribution < 1.29 is 9.28 Å². The van der Waals surface area contributed by atoms with E-state index in [2.05, 4.69) is 39.1 Å². The van der Waals surface area contributed by atoms with E-state index in [1.807, 2.05) is 23.1 Å². The number of likely N-dealkylation sites (tertiary alicyclic amines) is 1. The molecule has 1 amide bonds. The molecule has 0 N–H and O–H groups in total. The Kier molecular flexibility index (Phi) is 4.32. The fourth-order valence-electron chi connectivity index (χ4n) is 4.63. The highest BCUT2D eigenvalue weighted by atomic mass is 35.5. The third kappa shape index (κ3) is 2.74. The van der Waals surface area contributed by atoms with E-state index in [1.54, 1.807) is 6.07 Å². The van der Waals surface area contributed by atoms with E-state index in [4.69, 9.17) is 11.6 Å². The number of aryl methyl sites for hydroxylation is 1. The van der Waals surface area contributed by atoms with Crippen molar-refractivity contribution >= 4 is 23.2 Å². The molecule has 0 aromatic heterocycles. The summed E-state index contributed by atoms with van der Waals surface area (Å²) in [4.78, 5) is 15.5. The van der Waals surface area contributed by atoms with Gasteiger partial charge >= 0.3 is 0 Å². The summed E-state index contributed by atoms with van der Waals surface area (Å²) in [5.41, 5.74) is 4.25. The highest BCUT2D eigenvalue weighted by molar-refractivity contribution is 6.34. The van der Waals surface area contributed by atoms with Crippen LogP contribution in [0, 0.1) is 6.92 Å². The van der Waals surface area contributed by atoms with Crippen LogP contribution in [0.3, 0.4) is 0 Å². The third-order valence-corrected chi connectivity index (χ3v) is 6.66. The number of halogens is 1. The van der Waals surface area contributed by atoms with Gasteiger partial charge in [0.15, 0.2) is 0 Å². The molecule has 3 nitrogen and oxygen atoms in total. The Morgan fingerprint density at radius 1 is 1.27 bits per heavy atom. The van der Waals surface area contributed by atoms with Crippen molar-refractivity contribution in [1.82, 2.24) is 0 Å². The first-order chi connectivity index (χ1) is 12.4. The molecule has 3 atom stereocenters. The first-order valence-corrected chi connectivity index (χ1v) is 9.83. The summed E-state index contributed by atoms with van der Waals surface area (Å²) in [6, 6.07) is 14.1. The predicted octanol–water partition coefficient (Wildman–Crippen LogP) is 4.63. The zero-order valence-electron chi connectivity index (χ0n) is 15.7. The number of hydrogen-bond donors (Lipinski definition) is 0. The molecule has 136 valence electrons. The summed E-state index contributed by atoms with van der Waals surface area (Å²) in [6.45, 7) is 7.72. The Morgan fingerprint density at radius 2 is 2.04 bits per heavy atom. The smallest absolute Gasteiger partial charge is 0.260 e. The highest BCUT2D eigenvalue weighted by Crippen LogP contribution is 2.47. The Morgan fingerprint density at radius 3 is 2.77 bits per heavy atom. The van der Waals surface area contributed by atoms with Crippen molar-refractivity contribution in [3.63, 3.8) is 0 Å². The Balaban J connectivity index is 1.79. The fraction of sp³-hybridized carbons (Fsp3) is 0.409. The van der Waals surface area contributed by atoms with Crippen LogP contribution in [0.25, 0.3) is 0 Å². The minimum absolute atomic E-state index is 0.0285. The quantitative estimate of drug-likeness (QED) is 0.706. The number of amides is 1. The normalized spacial score (nSPS) is 27.2. The number of anilines is 1. The first kappa shape index (κ1) is 17.6. The first-order valence-electron chi connectivity index (χ1n) is 9.46. The molecular weight excluding hydrogens is 344 g/mol. The van der Waals surface area contributed by atoms with Gasteiger partial charge in [0.2, 0.25) is 0 Å². The van der Waals surface area contributed by atoms with Crippen LogP contribution < -0.4 is 4.90 Å². The SMILES string of the molecule is CC[N@+]1(C)CC[C@@H]2[C@H](C1)c1cc(C)ccc1N2C(=O)c1ccccc1Cl. The van der Waals surface area contributed by atoms with Crippen LogP contribution >= 0.6 is 11.6 Å². The van der Waals surface area contributed by atoms with Crippen molar-refractivity contribution in [2.45, 2.75) is 32.2 Å². The Hall–Kier alpha value is -1.84. The van der Waals surface area contributed by atoms with Gasteiger partial charge in [-0.1, -0.05) is 41.4 Å². The van der Waals surface area contributed by atoms with E-state index in [0.29, 0.717) is 16.5 Å². The molecule has 4 heteroatoms. The van der Waals surface area contributed by atoms with Gasteiger partial charge in [0, 0.05) is 12.1 Å². The van der Waals surface area contributed by atoms with E-state index >= 15 is 0 Å². The molecule has 26 heavy (non-hydrogen) atoms. The van der Waals surface area contributed by atoms with Crippen LogP contribution in [0.4, 0.5) is 5.69 Å². The molecule has 0 radical (unpaired) electrons. The molecule has 0 saturated carbocycles. The van der Waals surface area contributed by atoms with Gasteiger partial charge in [-0.3, -0.25) is 4.79 Å². The van der Waals surface area contributed by atoms with Gasteiger partial charge in [0.1, 0.15) is 0 Å². The standard InChI is InChI=1S/C22H26ClN2O/c1-4-25(3)12-11-21-18(14-25)17-13-15(2)9-10-20(17)24(21)22(26)16-7-5-6-8-19(16)23/h5-10,13,18,21H,4,11-12,14H2,1-3H3/q+1/t18-,21-,25-/m1/s1. The lowest BCUT2D eigenvalue weighted by atomic mass is 9.87. The summed E-state index contributed by atoms with van der Waals surface area (Å²) in [5, 5.41) is 0.527. The van der Waals surface area contributed by atoms with Crippen molar-refractivity contribution in [3.05, 3.63) is 64.2 Å². The third-order valence-electron chi connectivity index (χ3n) is 6.33. The van der Waals surface area contributed by atoms with Gasteiger partial charge in [0.25, 0.3) is 5.91 Å². The number of quaternary nitrogens is 1. The zero-order chi connectivity index (χ0) is 18.5. The molecular formula is C22H26ClN2O+. The minimum Gasteiger partial charge on any atom is -0.326 e. The summed E-state index contributed by atoms with van der Waals surface area (Å²) < 4.78 is 1.07. The number of piperidine rings is 1. The van der Waals surface area contributed by atoms with Gasteiger partial charge in [-0.05, 0) is 37.6 Å². The number of carbonyl (C=O) groups is 1.